The van der Waals surface area contributed by atoms with Crippen molar-refractivity contribution in [3.05, 3.63) is 24.3 Å². The second-order valence-electron chi connectivity index (χ2n) is 2.92. The summed E-state index contributed by atoms with van der Waals surface area (Å²) in [6, 6.07) is 1.89. The molecule has 84 valence electrons. The first-order valence-electron chi connectivity index (χ1n) is 4.84. The smallest absolute Gasteiger partial charge is 0.134 e. The van der Waals surface area contributed by atoms with Gasteiger partial charge in [0.1, 0.15) is 17.0 Å². The van der Waals surface area contributed by atoms with Crippen LogP contribution in [0.25, 0.3) is 0 Å². The SMILES string of the molecule is CCNc1snnc1CSc1ccncn1. The maximum Gasteiger partial charge on any atom is 0.134 e. The summed E-state index contributed by atoms with van der Waals surface area (Å²) < 4.78 is 3.94. The molecule has 0 saturated carbocycles. The topological polar surface area (TPSA) is 63.6 Å². The number of rotatable bonds is 5. The highest BCUT2D eigenvalue weighted by atomic mass is 32.2. The molecule has 2 heterocycles. The number of hydrogen-bond donors (Lipinski definition) is 1. The molecule has 0 aliphatic carbocycles. The molecular weight excluding hydrogens is 242 g/mol. The molecule has 0 amide bonds. The van der Waals surface area contributed by atoms with Crippen LogP contribution >= 0.6 is 23.3 Å². The van der Waals surface area contributed by atoms with Crippen LogP contribution in [0.4, 0.5) is 5.00 Å². The molecule has 2 aromatic rings. The van der Waals surface area contributed by atoms with E-state index in [0.717, 1.165) is 28.0 Å². The molecule has 0 unspecified atom stereocenters. The molecule has 0 saturated heterocycles. The van der Waals surface area contributed by atoms with Gasteiger partial charge in [-0.1, -0.05) is 16.3 Å². The van der Waals surface area contributed by atoms with Gasteiger partial charge in [0.05, 0.1) is 5.03 Å². The maximum atomic E-state index is 4.14. The summed E-state index contributed by atoms with van der Waals surface area (Å²) >= 11 is 3.02. The highest BCUT2D eigenvalue weighted by molar-refractivity contribution is 7.98. The van der Waals surface area contributed by atoms with E-state index >= 15 is 0 Å². The number of aromatic nitrogens is 4. The molecule has 7 heteroatoms. The van der Waals surface area contributed by atoms with Crippen LogP contribution in [0.3, 0.4) is 0 Å². The molecule has 5 nitrogen and oxygen atoms in total. The first-order valence-corrected chi connectivity index (χ1v) is 6.60. The summed E-state index contributed by atoms with van der Waals surface area (Å²) in [7, 11) is 0. The van der Waals surface area contributed by atoms with Crippen LogP contribution in [0.1, 0.15) is 12.6 Å². The lowest BCUT2D eigenvalue weighted by Gasteiger charge is -2.01. The molecular formula is C9H11N5S2. The first kappa shape index (κ1) is 11.3. The second kappa shape index (κ2) is 5.76. The van der Waals surface area contributed by atoms with Crippen molar-refractivity contribution in [2.75, 3.05) is 11.9 Å². The molecule has 0 atom stereocenters. The summed E-state index contributed by atoms with van der Waals surface area (Å²) in [4.78, 5) is 8.02. The van der Waals surface area contributed by atoms with Gasteiger partial charge in [0.15, 0.2) is 0 Å². The zero-order chi connectivity index (χ0) is 11.2. The number of nitrogens with zero attached hydrogens (tertiary/aromatic N) is 4. The standard InChI is InChI=1S/C9H11N5S2/c1-2-11-9-7(13-14-16-9)5-15-8-3-4-10-6-12-8/h3-4,6,11H,2,5H2,1H3. The highest BCUT2D eigenvalue weighted by Crippen LogP contribution is 2.25. The Kier molecular flexibility index (Phi) is 4.06. The van der Waals surface area contributed by atoms with Crippen molar-refractivity contribution >= 4 is 28.3 Å². The Morgan fingerprint density at radius 1 is 1.50 bits per heavy atom. The zero-order valence-electron chi connectivity index (χ0n) is 8.75. The van der Waals surface area contributed by atoms with Crippen LogP contribution in [-0.4, -0.2) is 26.1 Å². The van der Waals surface area contributed by atoms with Gasteiger partial charge in [-0.3, -0.25) is 0 Å². The van der Waals surface area contributed by atoms with Crippen LogP contribution in [0.5, 0.6) is 0 Å². The molecule has 0 radical (unpaired) electrons. The fourth-order valence-electron chi connectivity index (χ4n) is 1.10. The van der Waals surface area contributed by atoms with Gasteiger partial charge >= 0.3 is 0 Å². The molecule has 0 spiro atoms. The maximum absolute atomic E-state index is 4.14. The van der Waals surface area contributed by atoms with Crippen LogP contribution in [0.2, 0.25) is 0 Å². The minimum absolute atomic E-state index is 0.774. The van der Waals surface area contributed by atoms with Crippen molar-refractivity contribution < 1.29 is 0 Å². The van der Waals surface area contributed by atoms with Crippen molar-refractivity contribution in [1.82, 2.24) is 19.6 Å². The van der Waals surface area contributed by atoms with Crippen LogP contribution in [0.15, 0.2) is 23.6 Å². The number of thioether (sulfide) groups is 1. The first-order chi connectivity index (χ1) is 7.90. The van der Waals surface area contributed by atoms with E-state index in [-0.39, 0.29) is 0 Å². The van der Waals surface area contributed by atoms with Gasteiger partial charge in [-0.15, -0.1) is 5.10 Å². The Hall–Kier alpha value is -1.21. The third kappa shape index (κ3) is 2.89. The van der Waals surface area contributed by atoms with Crippen molar-refractivity contribution in [1.29, 1.82) is 0 Å². The Balaban J connectivity index is 1.97. The zero-order valence-corrected chi connectivity index (χ0v) is 10.4. The van der Waals surface area contributed by atoms with Gasteiger partial charge in [0, 0.05) is 30.0 Å². The third-order valence-electron chi connectivity index (χ3n) is 1.80. The van der Waals surface area contributed by atoms with Crippen molar-refractivity contribution in [2.24, 2.45) is 0 Å². The highest BCUT2D eigenvalue weighted by Gasteiger charge is 2.07. The van der Waals surface area contributed by atoms with Gasteiger partial charge in [-0.2, -0.15) is 0 Å². The monoisotopic (exact) mass is 253 g/mol. The Bertz CT molecular complexity index is 430. The van der Waals surface area contributed by atoms with Gasteiger partial charge in [-0.25, -0.2) is 9.97 Å². The van der Waals surface area contributed by atoms with E-state index in [2.05, 4.69) is 31.8 Å². The summed E-state index contributed by atoms with van der Waals surface area (Å²) in [6.07, 6.45) is 3.28. The van der Waals surface area contributed by atoms with Crippen molar-refractivity contribution in [3.8, 4) is 0 Å². The lowest BCUT2D eigenvalue weighted by Crippen LogP contribution is -1.97. The number of hydrogen-bond acceptors (Lipinski definition) is 7. The summed E-state index contributed by atoms with van der Waals surface area (Å²) in [5.41, 5.74) is 0.982. The lowest BCUT2D eigenvalue weighted by molar-refractivity contribution is 1.03. The van der Waals surface area contributed by atoms with E-state index in [1.54, 1.807) is 24.3 Å². The third-order valence-corrected chi connectivity index (χ3v) is 3.49. The van der Waals surface area contributed by atoms with Crippen LogP contribution in [-0.2, 0) is 5.75 Å². The molecule has 2 rings (SSSR count). The Labute approximate surface area is 102 Å². The number of nitrogens with one attached hydrogen (secondary N) is 1. The van der Waals surface area contributed by atoms with Gasteiger partial charge in [0.25, 0.3) is 0 Å². The predicted octanol–water partition coefficient (Wildman–Crippen LogP) is 2.05. The summed E-state index contributed by atoms with van der Waals surface area (Å²) in [6.45, 7) is 2.94. The van der Waals surface area contributed by atoms with Crippen molar-refractivity contribution in [3.63, 3.8) is 0 Å². The average Bonchev–Trinajstić information content (AvgIpc) is 2.76. The Morgan fingerprint density at radius 2 is 2.44 bits per heavy atom. The van der Waals surface area contributed by atoms with E-state index in [9.17, 15) is 0 Å². The second-order valence-corrected chi connectivity index (χ2v) is 4.67. The van der Waals surface area contributed by atoms with Crippen LogP contribution in [0, 0.1) is 0 Å². The summed E-state index contributed by atoms with van der Waals surface area (Å²) in [5, 5.41) is 9.33. The molecule has 16 heavy (non-hydrogen) atoms. The molecule has 0 fully saturated rings. The molecule has 0 aliphatic heterocycles. The normalized spacial score (nSPS) is 10.3. The van der Waals surface area contributed by atoms with Gasteiger partial charge < -0.3 is 5.32 Å². The van der Waals surface area contributed by atoms with E-state index in [0.29, 0.717) is 0 Å². The minimum atomic E-state index is 0.774. The van der Waals surface area contributed by atoms with E-state index in [4.69, 9.17) is 0 Å². The predicted molar refractivity (Wildman–Crippen MR) is 65.7 cm³/mol. The van der Waals surface area contributed by atoms with E-state index in [1.165, 1.54) is 11.5 Å². The fourth-order valence-corrected chi connectivity index (χ4v) is 2.61. The van der Waals surface area contributed by atoms with Gasteiger partial charge in [-0.05, 0) is 13.0 Å². The molecule has 1 N–H and O–H groups in total. The fraction of sp³-hybridized carbons (Fsp3) is 0.333. The average molecular weight is 253 g/mol. The lowest BCUT2D eigenvalue weighted by atomic mass is 10.5. The molecule has 0 aromatic carbocycles. The van der Waals surface area contributed by atoms with Crippen LogP contribution < -0.4 is 5.32 Å². The molecule has 0 aliphatic rings. The minimum Gasteiger partial charge on any atom is -0.374 e. The van der Waals surface area contributed by atoms with Crippen molar-refractivity contribution in [2.45, 2.75) is 17.7 Å². The molecule has 2 aromatic heterocycles. The van der Waals surface area contributed by atoms with E-state index in [1.807, 2.05) is 6.07 Å². The number of anilines is 1. The quantitative estimate of drug-likeness (QED) is 0.650. The van der Waals surface area contributed by atoms with Gasteiger partial charge in [0.2, 0.25) is 0 Å². The summed E-state index contributed by atoms with van der Waals surface area (Å²) in [5.74, 6) is 0.774. The molecule has 0 bridgehead atoms. The Morgan fingerprint density at radius 3 is 3.19 bits per heavy atom. The largest absolute Gasteiger partial charge is 0.374 e. The van der Waals surface area contributed by atoms with E-state index < -0.39 is 0 Å².